The van der Waals surface area contributed by atoms with E-state index in [1.54, 1.807) is 13.0 Å². The second kappa shape index (κ2) is 11.0. The first-order valence-electron chi connectivity index (χ1n) is 10.7. The van der Waals surface area contributed by atoms with E-state index >= 15 is 0 Å². The number of carbonyl (C=O) groups is 2. The van der Waals surface area contributed by atoms with Crippen molar-refractivity contribution in [3.05, 3.63) is 76.7 Å². The molecular weight excluding hydrogens is 438 g/mol. The van der Waals surface area contributed by atoms with E-state index in [0.717, 1.165) is 11.1 Å². The Morgan fingerprint density at radius 1 is 1.09 bits per heavy atom. The van der Waals surface area contributed by atoms with Gasteiger partial charge in [-0.05, 0) is 36.2 Å². The van der Waals surface area contributed by atoms with Gasteiger partial charge in [0.1, 0.15) is 11.5 Å². The Balaban J connectivity index is 1.96. The predicted octanol–water partition coefficient (Wildman–Crippen LogP) is 3.58. The smallest absolute Gasteiger partial charge is 0.319 e. The average Bonchev–Trinajstić information content (AvgIpc) is 2.84. The molecule has 0 radical (unpaired) electrons. The largest absolute Gasteiger partial charge is 0.505 e. The molecule has 0 unspecified atom stereocenters. The number of aromatic nitrogens is 1. The first-order chi connectivity index (χ1) is 16.3. The lowest BCUT2D eigenvalue weighted by molar-refractivity contribution is -0.143. The lowest BCUT2D eigenvalue weighted by atomic mass is 9.96. The number of amides is 2. The lowest BCUT2D eigenvalue weighted by Gasteiger charge is -2.22. The van der Waals surface area contributed by atoms with Crippen LogP contribution in [0.4, 0.5) is 10.5 Å². The third-order valence-corrected chi connectivity index (χ3v) is 5.18. The Kier molecular flexibility index (Phi) is 7.92. The summed E-state index contributed by atoms with van der Waals surface area (Å²) < 4.78 is 11.8. The molecule has 0 saturated carbocycles. The number of ether oxygens (including phenoxy) is 2. The molecule has 0 bridgehead atoms. The standard InChI is InChI=1S/C25H27N3O6/c1-4-34-22(30)15-19(26-25(32)27-23-20(29)12-13-28(2)24(23)31)18-14-17(10-11-21(18)33-3)16-8-6-5-7-9-16/h5-14,19,29H,4,15H2,1-3H3,(H2,26,27,32)/t19-/m0/s1. The van der Waals surface area contributed by atoms with E-state index < -0.39 is 23.6 Å². The Bertz CT molecular complexity index is 1220. The van der Waals surface area contributed by atoms with Gasteiger partial charge in [0, 0.05) is 18.8 Å². The highest BCUT2D eigenvalue weighted by Crippen LogP contribution is 2.32. The maximum absolute atomic E-state index is 12.8. The zero-order valence-corrected chi connectivity index (χ0v) is 19.2. The van der Waals surface area contributed by atoms with Gasteiger partial charge in [-0.15, -0.1) is 0 Å². The highest BCUT2D eigenvalue weighted by molar-refractivity contribution is 5.91. The summed E-state index contributed by atoms with van der Waals surface area (Å²) >= 11 is 0. The van der Waals surface area contributed by atoms with E-state index in [0.29, 0.717) is 11.3 Å². The van der Waals surface area contributed by atoms with Crippen molar-refractivity contribution in [3.63, 3.8) is 0 Å². The molecule has 0 saturated heterocycles. The van der Waals surface area contributed by atoms with Crippen molar-refractivity contribution in [2.24, 2.45) is 7.05 Å². The van der Waals surface area contributed by atoms with E-state index in [1.807, 2.05) is 42.5 Å². The van der Waals surface area contributed by atoms with Crippen LogP contribution < -0.4 is 20.9 Å². The van der Waals surface area contributed by atoms with Gasteiger partial charge in [-0.25, -0.2) is 4.79 Å². The van der Waals surface area contributed by atoms with Gasteiger partial charge < -0.3 is 29.8 Å². The molecule has 2 aromatic carbocycles. The summed E-state index contributed by atoms with van der Waals surface area (Å²) in [7, 11) is 2.99. The van der Waals surface area contributed by atoms with Crippen LogP contribution in [0.5, 0.6) is 11.5 Å². The van der Waals surface area contributed by atoms with E-state index in [2.05, 4.69) is 10.6 Å². The molecule has 2 amide bonds. The summed E-state index contributed by atoms with van der Waals surface area (Å²) in [5.74, 6) is -0.421. The number of pyridine rings is 1. The second-order valence-electron chi connectivity index (χ2n) is 7.47. The van der Waals surface area contributed by atoms with Gasteiger partial charge in [-0.1, -0.05) is 36.4 Å². The van der Waals surface area contributed by atoms with Crippen molar-refractivity contribution in [1.82, 2.24) is 9.88 Å². The summed E-state index contributed by atoms with van der Waals surface area (Å²) in [4.78, 5) is 37.5. The van der Waals surface area contributed by atoms with Crippen molar-refractivity contribution in [2.75, 3.05) is 19.0 Å². The number of nitrogens with one attached hydrogen (secondary N) is 2. The zero-order chi connectivity index (χ0) is 24.7. The van der Waals surface area contributed by atoms with E-state index in [1.165, 1.54) is 31.0 Å². The van der Waals surface area contributed by atoms with E-state index in [9.17, 15) is 19.5 Å². The number of anilines is 1. The molecule has 9 nitrogen and oxygen atoms in total. The maximum Gasteiger partial charge on any atom is 0.319 e. The maximum atomic E-state index is 12.8. The number of hydrogen-bond acceptors (Lipinski definition) is 6. The minimum atomic E-state index is -0.840. The molecule has 1 heterocycles. The van der Waals surface area contributed by atoms with Crippen LogP contribution in [-0.2, 0) is 16.6 Å². The van der Waals surface area contributed by atoms with Gasteiger partial charge in [-0.2, -0.15) is 0 Å². The van der Waals surface area contributed by atoms with Crippen molar-refractivity contribution >= 4 is 17.7 Å². The molecule has 9 heteroatoms. The number of methoxy groups -OCH3 is 1. The SMILES string of the molecule is CCOC(=O)C[C@H](NC(=O)Nc1c(O)ccn(C)c1=O)c1cc(-c2ccccc2)ccc1OC. The van der Waals surface area contributed by atoms with Gasteiger partial charge in [0.25, 0.3) is 5.56 Å². The number of carbonyl (C=O) groups excluding carboxylic acids is 2. The van der Waals surface area contributed by atoms with Gasteiger partial charge in [0.15, 0.2) is 5.69 Å². The molecule has 3 aromatic rings. The van der Waals surface area contributed by atoms with Crippen molar-refractivity contribution in [2.45, 2.75) is 19.4 Å². The Morgan fingerprint density at radius 2 is 1.82 bits per heavy atom. The molecule has 3 rings (SSSR count). The number of aromatic hydroxyl groups is 1. The van der Waals surface area contributed by atoms with Crippen molar-refractivity contribution in [1.29, 1.82) is 0 Å². The van der Waals surface area contributed by atoms with Crippen LogP contribution in [0.15, 0.2) is 65.6 Å². The molecule has 178 valence electrons. The number of benzene rings is 2. The van der Waals surface area contributed by atoms with Crippen LogP contribution in [0, 0.1) is 0 Å². The summed E-state index contributed by atoms with van der Waals surface area (Å²) in [6.45, 7) is 1.88. The Morgan fingerprint density at radius 3 is 2.50 bits per heavy atom. The van der Waals surface area contributed by atoms with Crippen LogP contribution >= 0.6 is 0 Å². The summed E-state index contributed by atoms with van der Waals surface area (Å²) in [5.41, 5.74) is 1.51. The summed E-state index contributed by atoms with van der Waals surface area (Å²) in [5, 5.41) is 15.1. The second-order valence-corrected chi connectivity index (χ2v) is 7.47. The number of esters is 1. The van der Waals surface area contributed by atoms with Crippen LogP contribution in [-0.4, -0.2) is 35.4 Å². The Hall–Kier alpha value is -4.27. The first kappa shape index (κ1) is 24.4. The molecule has 1 atom stereocenters. The third-order valence-electron chi connectivity index (χ3n) is 5.18. The molecule has 0 fully saturated rings. The summed E-state index contributed by atoms with van der Waals surface area (Å²) in [6.07, 6.45) is 1.21. The van der Waals surface area contributed by atoms with Gasteiger partial charge in [-0.3, -0.25) is 9.59 Å². The molecular formula is C25H27N3O6. The minimum Gasteiger partial charge on any atom is -0.505 e. The van der Waals surface area contributed by atoms with Gasteiger partial charge in [0.2, 0.25) is 0 Å². The molecule has 0 aliphatic rings. The fraction of sp³-hybridized carbons (Fsp3) is 0.240. The minimum absolute atomic E-state index is 0.172. The molecule has 0 aliphatic carbocycles. The van der Waals surface area contributed by atoms with Gasteiger partial charge in [0.05, 0.1) is 26.2 Å². The van der Waals surface area contributed by atoms with E-state index in [4.69, 9.17) is 9.47 Å². The predicted molar refractivity (Wildman–Crippen MR) is 128 cm³/mol. The zero-order valence-electron chi connectivity index (χ0n) is 19.2. The number of hydrogen-bond donors (Lipinski definition) is 3. The first-order valence-corrected chi connectivity index (χ1v) is 10.7. The fourth-order valence-corrected chi connectivity index (χ4v) is 3.49. The third kappa shape index (κ3) is 5.74. The van der Waals surface area contributed by atoms with Gasteiger partial charge >= 0.3 is 12.0 Å². The highest BCUT2D eigenvalue weighted by Gasteiger charge is 2.24. The highest BCUT2D eigenvalue weighted by atomic mass is 16.5. The fourth-order valence-electron chi connectivity index (χ4n) is 3.49. The molecule has 1 aromatic heterocycles. The molecule has 3 N–H and O–H groups in total. The monoisotopic (exact) mass is 465 g/mol. The number of aryl methyl sites for hydroxylation is 1. The number of rotatable bonds is 8. The average molecular weight is 466 g/mol. The van der Waals surface area contributed by atoms with E-state index in [-0.39, 0.29) is 24.5 Å². The summed E-state index contributed by atoms with van der Waals surface area (Å²) in [6, 6.07) is 14.8. The topological polar surface area (TPSA) is 119 Å². The van der Waals surface area contributed by atoms with Crippen molar-refractivity contribution < 1.29 is 24.2 Å². The molecule has 34 heavy (non-hydrogen) atoms. The van der Waals surface area contributed by atoms with Crippen LogP contribution in [0.3, 0.4) is 0 Å². The normalized spacial score (nSPS) is 11.4. The number of nitrogens with zero attached hydrogens (tertiary/aromatic N) is 1. The quantitative estimate of drug-likeness (QED) is 0.438. The van der Waals surface area contributed by atoms with Crippen LogP contribution in [0.1, 0.15) is 24.9 Å². The molecule has 0 aliphatic heterocycles. The van der Waals surface area contributed by atoms with Crippen LogP contribution in [0.2, 0.25) is 0 Å². The lowest BCUT2D eigenvalue weighted by Crippen LogP contribution is -2.36. The molecule has 0 spiro atoms. The van der Waals surface area contributed by atoms with Crippen molar-refractivity contribution in [3.8, 4) is 22.6 Å². The van der Waals surface area contributed by atoms with Crippen LogP contribution in [0.25, 0.3) is 11.1 Å². The Labute approximate surface area is 197 Å². The number of urea groups is 1.